The number of hydrogen-bond donors (Lipinski definition) is 1. The highest BCUT2D eigenvalue weighted by Crippen LogP contribution is 2.31. The summed E-state index contributed by atoms with van der Waals surface area (Å²) in [5.74, 6) is 0.404. The molecule has 5 nitrogen and oxygen atoms in total. The zero-order chi connectivity index (χ0) is 20.2. The van der Waals surface area contributed by atoms with Gasteiger partial charge in [-0.2, -0.15) is 0 Å². The molecule has 1 heterocycles. The van der Waals surface area contributed by atoms with Gasteiger partial charge in [0.1, 0.15) is 5.75 Å². The van der Waals surface area contributed by atoms with E-state index in [-0.39, 0.29) is 24.2 Å². The summed E-state index contributed by atoms with van der Waals surface area (Å²) in [5.41, 5.74) is 1.92. The van der Waals surface area contributed by atoms with E-state index in [1.807, 2.05) is 66.7 Å². The number of para-hydroxylation sites is 1. The standard InChI is InChI=1S/C24H24N2O3/c1-29-22-12-5-3-8-18(22)13-14-25-24(28)19-15-23(27)26(16-19)21-11-6-9-17-7-2-4-10-20(17)21/h2-12,19H,13-16H2,1H3,(H,25,28). The predicted octanol–water partition coefficient (Wildman–Crippen LogP) is 3.56. The van der Waals surface area contributed by atoms with Gasteiger partial charge in [-0.1, -0.05) is 54.6 Å². The molecule has 1 saturated heterocycles. The molecule has 1 fully saturated rings. The van der Waals surface area contributed by atoms with Crippen molar-refractivity contribution in [2.45, 2.75) is 12.8 Å². The Morgan fingerprint density at radius 1 is 1.07 bits per heavy atom. The lowest BCUT2D eigenvalue weighted by molar-refractivity contribution is -0.126. The summed E-state index contributed by atoms with van der Waals surface area (Å²) < 4.78 is 5.35. The smallest absolute Gasteiger partial charge is 0.227 e. The largest absolute Gasteiger partial charge is 0.496 e. The third-order valence-electron chi connectivity index (χ3n) is 5.44. The highest BCUT2D eigenvalue weighted by atomic mass is 16.5. The average molecular weight is 388 g/mol. The van der Waals surface area contributed by atoms with Gasteiger partial charge in [0, 0.05) is 24.9 Å². The van der Waals surface area contributed by atoms with Crippen LogP contribution in [0.2, 0.25) is 0 Å². The lowest BCUT2D eigenvalue weighted by Gasteiger charge is -2.19. The monoisotopic (exact) mass is 388 g/mol. The van der Waals surface area contributed by atoms with Crippen LogP contribution in [0, 0.1) is 5.92 Å². The molecular weight excluding hydrogens is 364 g/mol. The second-order valence-electron chi connectivity index (χ2n) is 7.26. The zero-order valence-electron chi connectivity index (χ0n) is 16.4. The molecule has 2 amide bonds. The SMILES string of the molecule is COc1ccccc1CCNC(=O)C1CC(=O)N(c2cccc3ccccc23)C1. The Hall–Kier alpha value is -3.34. The number of carbonyl (C=O) groups is 2. The van der Waals surface area contributed by atoms with E-state index in [4.69, 9.17) is 4.74 Å². The zero-order valence-corrected chi connectivity index (χ0v) is 16.4. The first-order chi connectivity index (χ1) is 14.2. The lowest BCUT2D eigenvalue weighted by Crippen LogP contribution is -2.34. The van der Waals surface area contributed by atoms with E-state index < -0.39 is 0 Å². The molecule has 0 aliphatic carbocycles. The van der Waals surface area contributed by atoms with E-state index in [1.165, 1.54) is 0 Å². The molecule has 3 aromatic carbocycles. The number of rotatable bonds is 6. The maximum Gasteiger partial charge on any atom is 0.227 e. The summed E-state index contributed by atoms with van der Waals surface area (Å²) in [7, 11) is 1.64. The third kappa shape index (κ3) is 3.94. The molecular formula is C24H24N2O3. The van der Waals surface area contributed by atoms with E-state index >= 15 is 0 Å². The van der Waals surface area contributed by atoms with E-state index in [2.05, 4.69) is 5.32 Å². The van der Waals surface area contributed by atoms with Crippen molar-refractivity contribution in [3.8, 4) is 5.75 Å². The quantitative estimate of drug-likeness (QED) is 0.702. The molecule has 1 aliphatic rings. The number of carbonyl (C=O) groups excluding carboxylic acids is 2. The summed E-state index contributed by atoms with van der Waals surface area (Å²) >= 11 is 0. The van der Waals surface area contributed by atoms with E-state index in [9.17, 15) is 9.59 Å². The van der Waals surface area contributed by atoms with E-state index in [0.29, 0.717) is 19.5 Å². The van der Waals surface area contributed by atoms with Crippen molar-refractivity contribution in [2.75, 3.05) is 25.1 Å². The molecule has 0 radical (unpaired) electrons. The van der Waals surface area contributed by atoms with Gasteiger partial charge in [-0.25, -0.2) is 0 Å². The number of anilines is 1. The number of nitrogens with zero attached hydrogens (tertiary/aromatic N) is 1. The highest BCUT2D eigenvalue weighted by molar-refractivity contribution is 6.06. The normalized spacial score (nSPS) is 16.2. The number of amides is 2. The number of fused-ring (bicyclic) bond motifs is 1. The van der Waals surface area contributed by atoms with Crippen LogP contribution in [-0.2, 0) is 16.0 Å². The van der Waals surface area contributed by atoms with Crippen molar-refractivity contribution in [1.29, 1.82) is 0 Å². The van der Waals surface area contributed by atoms with Crippen molar-refractivity contribution in [3.05, 3.63) is 72.3 Å². The maximum absolute atomic E-state index is 12.7. The van der Waals surface area contributed by atoms with Crippen LogP contribution in [-0.4, -0.2) is 32.0 Å². The summed E-state index contributed by atoms with van der Waals surface area (Å²) in [6.07, 6.45) is 0.924. The lowest BCUT2D eigenvalue weighted by atomic mass is 10.1. The Labute approximate surface area is 170 Å². The van der Waals surface area contributed by atoms with Crippen molar-refractivity contribution in [1.82, 2.24) is 5.32 Å². The summed E-state index contributed by atoms with van der Waals surface area (Å²) in [5, 5.41) is 5.09. The number of nitrogens with one attached hydrogen (secondary N) is 1. The minimum Gasteiger partial charge on any atom is -0.496 e. The summed E-state index contributed by atoms with van der Waals surface area (Å²) in [6, 6.07) is 21.7. The molecule has 1 unspecified atom stereocenters. The number of methoxy groups -OCH3 is 1. The molecule has 1 aliphatic heterocycles. The molecule has 1 atom stereocenters. The average Bonchev–Trinajstić information content (AvgIpc) is 3.15. The van der Waals surface area contributed by atoms with E-state index in [0.717, 1.165) is 27.8 Å². The number of ether oxygens (including phenoxy) is 1. The van der Waals surface area contributed by atoms with Crippen molar-refractivity contribution >= 4 is 28.3 Å². The molecule has 4 rings (SSSR count). The van der Waals surface area contributed by atoms with Crippen LogP contribution in [0.25, 0.3) is 10.8 Å². The molecule has 29 heavy (non-hydrogen) atoms. The molecule has 0 saturated carbocycles. The second kappa shape index (κ2) is 8.35. The number of benzene rings is 3. The van der Waals surface area contributed by atoms with Crippen LogP contribution in [0.5, 0.6) is 5.75 Å². The first kappa shape index (κ1) is 19.0. The number of hydrogen-bond acceptors (Lipinski definition) is 3. The molecule has 3 aromatic rings. The topological polar surface area (TPSA) is 58.6 Å². The first-order valence-corrected chi connectivity index (χ1v) is 9.85. The highest BCUT2D eigenvalue weighted by Gasteiger charge is 2.35. The van der Waals surface area contributed by atoms with Gasteiger partial charge in [0.2, 0.25) is 11.8 Å². The second-order valence-corrected chi connectivity index (χ2v) is 7.26. The summed E-state index contributed by atoms with van der Waals surface area (Å²) in [4.78, 5) is 27.0. The van der Waals surface area contributed by atoms with Gasteiger partial charge >= 0.3 is 0 Å². The van der Waals surface area contributed by atoms with Gasteiger partial charge < -0.3 is 15.0 Å². The van der Waals surface area contributed by atoms with Crippen LogP contribution in [0.3, 0.4) is 0 Å². The minimum atomic E-state index is -0.334. The molecule has 1 N–H and O–H groups in total. The van der Waals surface area contributed by atoms with Gasteiger partial charge in [-0.3, -0.25) is 9.59 Å². The van der Waals surface area contributed by atoms with Crippen LogP contribution in [0.1, 0.15) is 12.0 Å². The van der Waals surface area contributed by atoms with Gasteiger partial charge in [-0.15, -0.1) is 0 Å². The van der Waals surface area contributed by atoms with Crippen LogP contribution >= 0.6 is 0 Å². The van der Waals surface area contributed by atoms with Gasteiger partial charge in [0.25, 0.3) is 0 Å². The summed E-state index contributed by atoms with van der Waals surface area (Å²) in [6.45, 7) is 0.922. The van der Waals surface area contributed by atoms with E-state index in [1.54, 1.807) is 12.0 Å². The Kier molecular flexibility index (Phi) is 5.47. The van der Waals surface area contributed by atoms with Gasteiger partial charge in [-0.05, 0) is 29.5 Å². The Morgan fingerprint density at radius 2 is 1.83 bits per heavy atom. The van der Waals surface area contributed by atoms with Crippen molar-refractivity contribution in [3.63, 3.8) is 0 Å². The van der Waals surface area contributed by atoms with Crippen LogP contribution in [0.15, 0.2) is 66.7 Å². The van der Waals surface area contributed by atoms with Crippen molar-refractivity contribution < 1.29 is 14.3 Å². The van der Waals surface area contributed by atoms with Gasteiger partial charge in [0.05, 0.1) is 18.7 Å². The maximum atomic E-state index is 12.7. The van der Waals surface area contributed by atoms with Gasteiger partial charge in [0.15, 0.2) is 0 Å². The Morgan fingerprint density at radius 3 is 2.69 bits per heavy atom. The molecule has 0 spiro atoms. The molecule has 148 valence electrons. The minimum absolute atomic E-state index is 0.00812. The fourth-order valence-corrected chi connectivity index (χ4v) is 3.93. The van der Waals surface area contributed by atoms with Crippen molar-refractivity contribution in [2.24, 2.45) is 5.92 Å². The van der Waals surface area contributed by atoms with Crippen LogP contribution < -0.4 is 15.0 Å². The fourth-order valence-electron chi connectivity index (χ4n) is 3.93. The molecule has 0 bridgehead atoms. The molecule has 0 aromatic heterocycles. The molecule has 5 heteroatoms. The first-order valence-electron chi connectivity index (χ1n) is 9.85. The fraction of sp³-hybridized carbons (Fsp3) is 0.250. The van der Waals surface area contributed by atoms with Crippen LogP contribution in [0.4, 0.5) is 5.69 Å². The Balaban J connectivity index is 1.40. The predicted molar refractivity (Wildman–Crippen MR) is 114 cm³/mol. The third-order valence-corrected chi connectivity index (χ3v) is 5.44. The Bertz CT molecular complexity index is 1040.